The van der Waals surface area contributed by atoms with Gasteiger partial charge in [-0.1, -0.05) is 12.8 Å². The SMILES string of the molecule is OC1CCCCC1CNC1COC1. The highest BCUT2D eigenvalue weighted by molar-refractivity contribution is 4.80. The lowest BCUT2D eigenvalue weighted by Crippen LogP contribution is -2.49. The van der Waals surface area contributed by atoms with Crippen molar-refractivity contribution in [2.45, 2.75) is 37.8 Å². The van der Waals surface area contributed by atoms with Crippen LogP contribution in [-0.2, 0) is 4.74 Å². The van der Waals surface area contributed by atoms with E-state index in [4.69, 9.17) is 4.74 Å². The quantitative estimate of drug-likeness (QED) is 0.674. The average Bonchev–Trinajstić information content (AvgIpc) is 2.05. The first-order valence-electron chi connectivity index (χ1n) is 5.35. The molecule has 2 N–H and O–H groups in total. The van der Waals surface area contributed by atoms with Gasteiger partial charge in [0, 0.05) is 6.54 Å². The van der Waals surface area contributed by atoms with E-state index >= 15 is 0 Å². The van der Waals surface area contributed by atoms with Crippen molar-refractivity contribution >= 4 is 0 Å². The summed E-state index contributed by atoms with van der Waals surface area (Å²) in [5.74, 6) is 0.481. The molecule has 0 radical (unpaired) electrons. The molecule has 76 valence electrons. The third kappa shape index (κ3) is 2.42. The highest BCUT2D eigenvalue weighted by Crippen LogP contribution is 2.23. The molecule has 1 saturated carbocycles. The standard InChI is InChI=1S/C10H19NO2/c12-10-4-2-1-3-8(10)5-11-9-6-13-7-9/h8-12H,1-7H2. The number of aliphatic hydroxyl groups excluding tert-OH is 1. The van der Waals surface area contributed by atoms with E-state index in [9.17, 15) is 5.11 Å². The van der Waals surface area contributed by atoms with Crippen molar-refractivity contribution in [2.75, 3.05) is 19.8 Å². The summed E-state index contributed by atoms with van der Waals surface area (Å²) >= 11 is 0. The fourth-order valence-corrected chi connectivity index (χ4v) is 2.10. The first-order chi connectivity index (χ1) is 6.36. The van der Waals surface area contributed by atoms with E-state index in [-0.39, 0.29) is 6.10 Å². The molecular weight excluding hydrogens is 166 g/mol. The molecule has 1 saturated heterocycles. The predicted octanol–water partition coefficient (Wildman–Crippen LogP) is 0.526. The van der Waals surface area contributed by atoms with Gasteiger partial charge in [-0.25, -0.2) is 0 Å². The number of hydrogen-bond donors (Lipinski definition) is 2. The van der Waals surface area contributed by atoms with Crippen LogP contribution in [0.4, 0.5) is 0 Å². The van der Waals surface area contributed by atoms with Crippen molar-refractivity contribution < 1.29 is 9.84 Å². The van der Waals surface area contributed by atoms with Crippen molar-refractivity contribution in [3.8, 4) is 0 Å². The van der Waals surface area contributed by atoms with Gasteiger partial charge in [0.05, 0.1) is 25.4 Å². The molecule has 0 bridgehead atoms. The van der Waals surface area contributed by atoms with Crippen LogP contribution in [0.5, 0.6) is 0 Å². The highest BCUT2D eigenvalue weighted by Gasteiger charge is 2.25. The summed E-state index contributed by atoms with van der Waals surface area (Å²) in [6, 6.07) is 0.550. The Morgan fingerprint density at radius 1 is 1.23 bits per heavy atom. The average molecular weight is 185 g/mol. The number of aliphatic hydroxyl groups is 1. The van der Waals surface area contributed by atoms with Gasteiger partial charge < -0.3 is 15.2 Å². The lowest BCUT2D eigenvalue weighted by atomic mass is 9.86. The molecule has 0 aromatic carbocycles. The van der Waals surface area contributed by atoms with E-state index in [0.29, 0.717) is 12.0 Å². The number of hydrogen-bond acceptors (Lipinski definition) is 3. The molecular formula is C10H19NO2. The zero-order valence-electron chi connectivity index (χ0n) is 8.04. The first-order valence-corrected chi connectivity index (χ1v) is 5.35. The largest absolute Gasteiger partial charge is 0.393 e. The first kappa shape index (κ1) is 9.44. The Labute approximate surface area is 79.5 Å². The minimum atomic E-state index is -0.0674. The van der Waals surface area contributed by atoms with E-state index in [1.165, 1.54) is 19.3 Å². The Bertz CT molecular complexity index is 159. The Balaban J connectivity index is 1.66. The maximum atomic E-state index is 9.70. The van der Waals surface area contributed by atoms with Gasteiger partial charge in [0.2, 0.25) is 0 Å². The van der Waals surface area contributed by atoms with Crippen LogP contribution < -0.4 is 5.32 Å². The van der Waals surface area contributed by atoms with Gasteiger partial charge in [-0.2, -0.15) is 0 Å². The van der Waals surface area contributed by atoms with E-state index in [0.717, 1.165) is 26.2 Å². The summed E-state index contributed by atoms with van der Waals surface area (Å²) in [5.41, 5.74) is 0. The van der Waals surface area contributed by atoms with Crippen LogP contribution in [0.15, 0.2) is 0 Å². The molecule has 2 unspecified atom stereocenters. The maximum absolute atomic E-state index is 9.70. The van der Waals surface area contributed by atoms with Gasteiger partial charge in [-0.15, -0.1) is 0 Å². The molecule has 0 aromatic heterocycles. The molecule has 1 aliphatic carbocycles. The Morgan fingerprint density at radius 2 is 2.00 bits per heavy atom. The monoisotopic (exact) mass is 185 g/mol. The van der Waals surface area contributed by atoms with Crippen LogP contribution in [0, 0.1) is 5.92 Å². The Kier molecular flexibility index (Phi) is 3.19. The van der Waals surface area contributed by atoms with Gasteiger partial charge in [0.15, 0.2) is 0 Å². The molecule has 3 heteroatoms. The molecule has 3 nitrogen and oxygen atoms in total. The minimum absolute atomic E-state index is 0.0674. The van der Waals surface area contributed by atoms with Crippen LogP contribution in [0.25, 0.3) is 0 Å². The summed E-state index contributed by atoms with van der Waals surface area (Å²) < 4.78 is 5.08. The summed E-state index contributed by atoms with van der Waals surface area (Å²) in [7, 11) is 0. The molecule has 1 heterocycles. The van der Waals surface area contributed by atoms with Crippen LogP contribution >= 0.6 is 0 Å². The third-order valence-corrected chi connectivity index (χ3v) is 3.18. The minimum Gasteiger partial charge on any atom is -0.393 e. The van der Waals surface area contributed by atoms with Gasteiger partial charge in [0.25, 0.3) is 0 Å². The molecule has 2 fully saturated rings. The molecule has 2 rings (SSSR count). The second-order valence-corrected chi connectivity index (χ2v) is 4.25. The van der Waals surface area contributed by atoms with Crippen molar-refractivity contribution in [1.82, 2.24) is 5.32 Å². The molecule has 2 atom stereocenters. The van der Waals surface area contributed by atoms with Crippen LogP contribution in [-0.4, -0.2) is 37.0 Å². The second kappa shape index (κ2) is 4.40. The number of ether oxygens (including phenoxy) is 1. The van der Waals surface area contributed by atoms with Crippen molar-refractivity contribution in [3.63, 3.8) is 0 Å². The summed E-state index contributed by atoms with van der Waals surface area (Å²) in [4.78, 5) is 0. The van der Waals surface area contributed by atoms with E-state index in [2.05, 4.69) is 5.32 Å². The van der Waals surface area contributed by atoms with Gasteiger partial charge in [-0.05, 0) is 18.8 Å². The van der Waals surface area contributed by atoms with Crippen molar-refractivity contribution in [1.29, 1.82) is 0 Å². The predicted molar refractivity (Wildman–Crippen MR) is 50.6 cm³/mol. The smallest absolute Gasteiger partial charge is 0.0643 e. The summed E-state index contributed by atoms with van der Waals surface area (Å²) in [6.45, 7) is 2.67. The third-order valence-electron chi connectivity index (χ3n) is 3.18. The highest BCUT2D eigenvalue weighted by atomic mass is 16.5. The van der Waals surface area contributed by atoms with Crippen LogP contribution in [0.3, 0.4) is 0 Å². The lowest BCUT2D eigenvalue weighted by molar-refractivity contribution is -0.0124. The summed E-state index contributed by atoms with van der Waals surface area (Å²) in [6.07, 6.45) is 4.59. The fourth-order valence-electron chi connectivity index (χ4n) is 2.10. The maximum Gasteiger partial charge on any atom is 0.0643 e. The second-order valence-electron chi connectivity index (χ2n) is 4.25. The van der Waals surface area contributed by atoms with Gasteiger partial charge in [-0.3, -0.25) is 0 Å². The van der Waals surface area contributed by atoms with Gasteiger partial charge >= 0.3 is 0 Å². The topological polar surface area (TPSA) is 41.5 Å². The van der Waals surface area contributed by atoms with Gasteiger partial charge in [0.1, 0.15) is 0 Å². The fraction of sp³-hybridized carbons (Fsp3) is 1.00. The Hall–Kier alpha value is -0.120. The van der Waals surface area contributed by atoms with Crippen LogP contribution in [0.2, 0.25) is 0 Å². The van der Waals surface area contributed by atoms with E-state index in [1.54, 1.807) is 0 Å². The van der Waals surface area contributed by atoms with Crippen molar-refractivity contribution in [3.05, 3.63) is 0 Å². The molecule has 0 aromatic rings. The summed E-state index contributed by atoms with van der Waals surface area (Å²) in [5, 5.41) is 13.1. The van der Waals surface area contributed by atoms with E-state index < -0.39 is 0 Å². The lowest BCUT2D eigenvalue weighted by Gasteiger charge is -2.32. The van der Waals surface area contributed by atoms with Crippen molar-refractivity contribution in [2.24, 2.45) is 5.92 Å². The number of nitrogens with one attached hydrogen (secondary N) is 1. The zero-order chi connectivity index (χ0) is 9.10. The molecule has 13 heavy (non-hydrogen) atoms. The molecule has 2 aliphatic rings. The normalized spacial score (nSPS) is 35.8. The molecule has 1 aliphatic heterocycles. The molecule has 0 spiro atoms. The van der Waals surface area contributed by atoms with Crippen LogP contribution in [0.1, 0.15) is 25.7 Å². The Morgan fingerprint density at radius 3 is 2.62 bits per heavy atom. The molecule has 0 amide bonds. The zero-order valence-corrected chi connectivity index (χ0v) is 8.04. The number of rotatable bonds is 3. The van der Waals surface area contributed by atoms with E-state index in [1.807, 2.05) is 0 Å².